The Balaban J connectivity index is 2.03. The number of aromatic hydroxyl groups is 1. The molecule has 1 aromatic heterocycles. The quantitative estimate of drug-likeness (QED) is 0.577. The van der Waals surface area contributed by atoms with Gasteiger partial charge in [0.25, 0.3) is 0 Å². The van der Waals surface area contributed by atoms with Gasteiger partial charge in [0.2, 0.25) is 5.78 Å². The number of Topliss-reactive ketones (excluding diaryl/α,β-unsaturated/α-hetero) is 1. The van der Waals surface area contributed by atoms with Gasteiger partial charge in [0.15, 0.2) is 5.75 Å². The molecule has 0 saturated carbocycles. The third-order valence-electron chi connectivity index (χ3n) is 6.97. The third-order valence-corrected chi connectivity index (χ3v) is 6.97. The third kappa shape index (κ3) is 2.12. The minimum absolute atomic E-state index is 0.113. The lowest BCUT2D eigenvalue weighted by Crippen LogP contribution is -2.13. The van der Waals surface area contributed by atoms with E-state index < -0.39 is 0 Å². The Morgan fingerprint density at radius 3 is 1.89 bits per heavy atom. The molecule has 4 nitrogen and oxygen atoms in total. The Kier molecular flexibility index (Phi) is 3.83. The van der Waals surface area contributed by atoms with E-state index in [4.69, 9.17) is 4.99 Å². The van der Waals surface area contributed by atoms with Gasteiger partial charge in [0.05, 0.1) is 16.8 Å². The van der Waals surface area contributed by atoms with Crippen LogP contribution in [0.4, 0.5) is 5.69 Å². The monoisotopic (exact) mass is 374 g/mol. The van der Waals surface area contributed by atoms with Crippen LogP contribution in [0.25, 0.3) is 10.9 Å². The fourth-order valence-corrected chi connectivity index (χ4v) is 4.41. The van der Waals surface area contributed by atoms with Crippen LogP contribution in [0.2, 0.25) is 0 Å². The second-order valence-electron chi connectivity index (χ2n) is 8.11. The molecule has 2 N–H and O–H groups in total. The molecule has 0 fully saturated rings. The van der Waals surface area contributed by atoms with Crippen molar-refractivity contribution in [3.05, 3.63) is 55.8 Å². The predicted octanol–water partition coefficient (Wildman–Crippen LogP) is 5.66. The van der Waals surface area contributed by atoms with Gasteiger partial charge in [-0.3, -0.25) is 4.79 Å². The van der Waals surface area contributed by atoms with Gasteiger partial charge in [-0.1, -0.05) is 0 Å². The van der Waals surface area contributed by atoms with Crippen molar-refractivity contribution in [1.29, 1.82) is 0 Å². The highest BCUT2D eigenvalue weighted by molar-refractivity contribution is 6.55. The molecule has 0 bridgehead atoms. The summed E-state index contributed by atoms with van der Waals surface area (Å²) in [5.74, 6) is -0.00772. The van der Waals surface area contributed by atoms with Gasteiger partial charge >= 0.3 is 0 Å². The first kappa shape index (κ1) is 18.5. The lowest BCUT2D eigenvalue weighted by atomic mass is 9.91. The van der Waals surface area contributed by atoms with Gasteiger partial charge in [-0.2, -0.15) is 0 Å². The smallest absolute Gasteiger partial charge is 0.216 e. The summed E-state index contributed by atoms with van der Waals surface area (Å²) in [6.07, 6.45) is 0. The second kappa shape index (κ2) is 5.81. The zero-order valence-electron chi connectivity index (χ0n) is 17.8. The number of rotatable bonds is 1. The van der Waals surface area contributed by atoms with Crippen molar-refractivity contribution in [1.82, 2.24) is 4.98 Å². The largest absolute Gasteiger partial charge is 0.505 e. The maximum Gasteiger partial charge on any atom is 0.216 e. The van der Waals surface area contributed by atoms with E-state index in [1.54, 1.807) is 0 Å². The van der Waals surface area contributed by atoms with Crippen LogP contribution in [0.5, 0.6) is 5.75 Å². The fraction of sp³-hybridized carbons (Fsp3) is 0.333. The number of hydrogen-bond acceptors (Lipinski definition) is 3. The molecular weight excluding hydrogens is 348 g/mol. The summed E-state index contributed by atoms with van der Waals surface area (Å²) < 4.78 is 0. The predicted molar refractivity (Wildman–Crippen MR) is 115 cm³/mol. The maximum atomic E-state index is 13.3. The fourth-order valence-electron chi connectivity index (χ4n) is 4.41. The molecule has 2 aromatic carbocycles. The normalized spacial score (nSPS) is 13.4. The van der Waals surface area contributed by atoms with Gasteiger partial charge in [0, 0.05) is 5.39 Å². The van der Waals surface area contributed by atoms with Crippen LogP contribution in [0.15, 0.2) is 4.99 Å². The summed E-state index contributed by atoms with van der Waals surface area (Å²) in [7, 11) is 0. The molecular formula is C24H26N2O2. The molecule has 4 heteroatoms. The molecule has 2 heterocycles. The Morgan fingerprint density at radius 2 is 1.25 bits per heavy atom. The van der Waals surface area contributed by atoms with Crippen LogP contribution in [0.1, 0.15) is 60.6 Å². The van der Waals surface area contributed by atoms with Crippen LogP contribution in [0, 0.1) is 55.4 Å². The van der Waals surface area contributed by atoms with E-state index >= 15 is 0 Å². The highest BCUT2D eigenvalue weighted by atomic mass is 16.3. The zero-order valence-corrected chi connectivity index (χ0v) is 17.8. The standard InChI is InChI=1S/C24H26N2O2/c1-9-11(3)15(7)19-17(13(9)5)23(27)21(25-19)22-24(28)18-14(6)10(2)12(4)16(8)20(18)26-22/h25,27H,1-8H3. The summed E-state index contributed by atoms with van der Waals surface area (Å²) in [6, 6.07) is 0. The summed E-state index contributed by atoms with van der Waals surface area (Å²) in [4.78, 5) is 21.3. The van der Waals surface area contributed by atoms with E-state index in [9.17, 15) is 9.90 Å². The number of ketones is 1. The summed E-state index contributed by atoms with van der Waals surface area (Å²) in [6.45, 7) is 16.3. The van der Waals surface area contributed by atoms with Crippen molar-refractivity contribution in [2.75, 3.05) is 0 Å². The first-order chi connectivity index (χ1) is 13.1. The number of H-pyrrole nitrogens is 1. The average Bonchev–Trinajstić information content (AvgIpc) is 3.18. The van der Waals surface area contributed by atoms with Gasteiger partial charge in [-0.05, 0) is 99.9 Å². The number of carbonyl (C=O) groups excluding carboxylic acids is 1. The van der Waals surface area contributed by atoms with Crippen LogP contribution in [-0.2, 0) is 0 Å². The Hall–Kier alpha value is -2.88. The van der Waals surface area contributed by atoms with E-state index in [-0.39, 0.29) is 11.5 Å². The van der Waals surface area contributed by atoms with Crippen molar-refractivity contribution >= 4 is 28.1 Å². The number of benzene rings is 2. The van der Waals surface area contributed by atoms with Crippen molar-refractivity contribution in [2.24, 2.45) is 4.99 Å². The molecule has 0 spiro atoms. The first-order valence-corrected chi connectivity index (χ1v) is 9.62. The summed E-state index contributed by atoms with van der Waals surface area (Å²) >= 11 is 0. The highest BCUT2D eigenvalue weighted by Crippen LogP contribution is 2.42. The summed E-state index contributed by atoms with van der Waals surface area (Å²) in [5.41, 5.74) is 11.7. The lowest BCUT2D eigenvalue weighted by Gasteiger charge is -2.13. The van der Waals surface area contributed by atoms with Crippen molar-refractivity contribution in [3.8, 4) is 5.75 Å². The van der Waals surface area contributed by atoms with Gasteiger partial charge in [-0.25, -0.2) is 4.99 Å². The number of aromatic nitrogens is 1. The molecule has 0 unspecified atom stereocenters. The summed E-state index contributed by atoms with van der Waals surface area (Å²) in [5, 5.41) is 11.8. The van der Waals surface area contributed by atoms with Crippen LogP contribution >= 0.6 is 0 Å². The van der Waals surface area contributed by atoms with Gasteiger partial charge < -0.3 is 10.1 Å². The molecule has 0 radical (unpaired) electrons. The highest BCUT2D eigenvalue weighted by Gasteiger charge is 2.34. The SMILES string of the molecule is Cc1c(C)c(C)c2c(c1C)N=C(c1[nH]c3c(C)c(C)c(C)c(C)c3c1O)C2=O. The molecule has 3 aromatic rings. The molecule has 0 amide bonds. The molecule has 0 aliphatic carbocycles. The Morgan fingerprint density at radius 1 is 0.714 bits per heavy atom. The van der Waals surface area contributed by atoms with E-state index in [1.165, 1.54) is 5.56 Å². The minimum Gasteiger partial charge on any atom is -0.505 e. The van der Waals surface area contributed by atoms with E-state index in [2.05, 4.69) is 25.8 Å². The van der Waals surface area contributed by atoms with Crippen molar-refractivity contribution in [3.63, 3.8) is 0 Å². The second-order valence-corrected chi connectivity index (χ2v) is 8.11. The lowest BCUT2D eigenvalue weighted by molar-refractivity contribution is 0.106. The number of carbonyl (C=O) groups is 1. The number of aromatic amines is 1. The average molecular weight is 374 g/mol. The van der Waals surface area contributed by atoms with Crippen LogP contribution in [-0.4, -0.2) is 21.6 Å². The zero-order chi connectivity index (χ0) is 20.7. The molecule has 144 valence electrons. The van der Waals surface area contributed by atoms with Crippen LogP contribution in [0.3, 0.4) is 0 Å². The van der Waals surface area contributed by atoms with E-state index in [0.717, 1.165) is 55.5 Å². The number of fused-ring (bicyclic) bond motifs is 2. The van der Waals surface area contributed by atoms with Crippen LogP contribution < -0.4 is 0 Å². The molecule has 4 rings (SSSR count). The number of hydrogen-bond donors (Lipinski definition) is 2. The molecule has 1 aliphatic rings. The van der Waals surface area contributed by atoms with Gasteiger partial charge in [0.1, 0.15) is 11.4 Å². The Bertz CT molecular complexity index is 1260. The Labute approximate surface area is 165 Å². The molecule has 1 aliphatic heterocycles. The van der Waals surface area contributed by atoms with E-state index in [1.807, 2.05) is 34.6 Å². The van der Waals surface area contributed by atoms with Gasteiger partial charge in [-0.15, -0.1) is 0 Å². The number of nitrogens with one attached hydrogen (secondary N) is 1. The topological polar surface area (TPSA) is 65.4 Å². The number of nitrogens with zero attached hydrogens (tertiary/aromatic N) is 1. The molecule has 0 saturated heterocycles. The van der Waals surface area contributed by atoms with E-state index in [0.29, 0.717) is 17.0 Å². The van der Waals surface area contributed by atoms with Crippen molar-refractivity contribution < 1.29 is 9.90 Å². The van der Waals surface area contributed by atoms with Crippen molar-refractivity contribution in [2.45, 2.75) is 55.4 Å². The molecule has 28 heavy (non-hydrogen) atoms. The first-order valence-electron chi connectivity index (χ1n) is 9.62. The number of aliphatic imine (C=N–C) groups is 1. The molecule has 0 atom stereocenters. The number of aryl methyl sites for hydroxylation is 2. The minimum atomic E-state index is -0.121. The maximum absolute atomic E-state index is 13.3.